The van der Waals surface area contributed by atoms with E-state index in [-0.39, 0.29) is 23.6 Å². The molecule has 0 spiro atoms. The molecule has 2 aromatic heterocycles. The number of aromatic nitrogens is 4. The molecule has 1 atom stereocenters. The number of hydrogen-bond acceptors (Lipinski definition) is 8. The Balaban J connectivity index is 1.82. The Kier molecular flexibility index (Phi) is 4.45. The Bertz CT molecular complexity index is 1140. The van der Waals surface area contributed by atoms with Gasteiger partial charge in [-0.1, -0.05) is 6.07 Å². The molecule has 1 aromatic carbocycles. The van der Waals surface area contributed by atoms with Crippen LogP contribution < -0.4 is 21.5 Å². The third kappa shape index (κ3) is 3.28. The predicted octanol–water partition coefficient (Wildman–Crippen LogP) is 1.58. The molecule has 148 valence electrons. The number of anilines is 2. The average Bonchev–Trinajstić information content (AvgIpc) is 2.67. The lowest BCUT2D eigenvalue weighted by atomic mass is 9.90. The van der Waals surface area contributed by atoms with E-state index in [0.717, 1.165) is 0 Å². The maximum absolute atomic E-state index is 14.1. The highest BCUT2D eigenvalue weighted by Gasteiger charge is 2.30. The molecule has 1 aliphatic rings. The van der Waals surface area contributed by atoms with Crippen molar-refractivity contribution in [1.29, 1.82) is 0 Å². The van der Waals surface area contributed by atoms with Gasteiger partial charge in [-0.3, -0.25) is 4.79 Å². The smallest absolute Gasteiger partial charge is 0.257 e. The minimum absolute atomic E-state index is 0.100. The van der Waals surface area contributed by atoms with Crippen molar-refractivity contribution >= 4 is 17.7 Å². The molecule has 9 nitrogen and oxygen atoms in total. The van der Waals surface area contributed by atoms with Crippen LogP contribution in [0.2, 0.25) is 0 Å². The first-order valence-electron chi connectivity index (χ1n) is 8.77. The number of aryl methyl sites for hydroxylation is 1. The lowest BCUT2D eigenvalue weighted by molar-refractivity contribution is 0.0922. The van der Waals surface area contributed by atoms with Crippen LogP contribution in [0, 0.1) is 12.7 Å². The van der Waals surface area contributed by atoms with E-state index in [2.05, 4.69) is 25.3 Å². The van der Waals surface area contributed by atoms with Gasteiger partial charge in [-0.05, 0) is 24.6 Å². The van der Waals surface area contributed by atoms with Crippen LogP contribution in [0.4, 0.5) is 16.2 Å². The molecule has 3 heterocycles. The second-order valence-electron chi connectivity index (χ2n) is 6.60. The largest absolute Gasteiger partial charge is 0.478 e. The van der Waals surface area contributed by atoms with Crippen LogP contribution in [0.5, 0.6) is 5.88 Å². The lowest BCUT2D eigenvalue weighted by Crippen LogP contribution is -2.37. The second kappa shape index (κ2) is 6.97. The molecular weight excluding hydrogens is 377 g/mol. The van der Waals surface area contributed by atoms with Gasteiger partial charge in [0.2, 0.25) is 5.95 Å². The molecule has 5 N–H and O–H groups in total. The summed E-state index contributed by atoms with van der Waals surface area (Å²) in [5.74, 6) is -0.414. The number of fused-ring (bicyclic) bond motifs is 1. The molecule has 29 heavy (non-hydrogen) atoms. The van der Waals surface area contributed by atoms with Gasteiger partial charge in [-0.25, -0.2) is 24.3 Å². The van der Waals surface area contributed by atoms with Gasteiger partial charge in [0.15, 0.2) is 5.82 Å². The quantitative estimate of drug-likeness (QED) is 0.607. The summed E-state index contributed by atoms with van der Waals surface area (Å²) in [4.78, 5) is 29.3. The highest BCUT2D eigenvalue weighted by atomic mass is 19.1. The summed E-state index contributed by atoms with van der Waals surface area (Å²) in [6, 6.07) is 3.78. The third-order valence-corrected chi connectivity index (χ3v) is 4.74. The molecule has 10 heteroatoms. The summed E-state index contributed by atoms with van der Waals surface area (Å²) in [5, 5.41) is 2.93. The Labute approximate surface area is 165 Å². The van der Waals surface area contributed by atoms with Crippen molar-refractivity contribution in [3.05, 3.63) is 52.7 Å². The van der Waals surface area contributed by atoms with Crippen molar-refractivity contribution in [1.82, 2.24) is 25.3 Å². The van der Waals surface area contributed by atoms with Crippen LogP contribution in [-0.4, -0.2) is 33.0 Å². The van der Waals surface area contributed by atoms with E-state index in [9.17, 15) is 9.18 Å². The number of benzene rings is 1. The van der Waals surface area contributed by atoms with Crippen LogP contribution in [0.1, 0.15) is 33.4 Å². The number of nitrogens with two attached hydrogens (primary N) is 2. The van der Waals surface area contributed by atoms with Crippen molar-refractivity contribution in [2.24, 2.45) is 0 Å². The fourth-order valence-electron chi connectivity index (χ4n) is 3.48. The molecular formula is C19H18FN7O2. The second-order valence-corrected chi connectivity index (χ2v) is 6.60. The van der Waals surface area contributed by atoms with Crippen molar-refractivity contribution in [2.45, 2.75) is 19.4 Å². The molecule has 0 aliphatic carbocycles. The summed E-state index contributed by atoms with van der Waals surface area (Å²) in [7, 11) is 1.42. The van der Waals surface area contributed by atoms with Crippen LogP contribution in [0.25, 0.3) is 11.3 Å². The van der Waals surface area contributed by atoms with E-state index < -0.39 is 11.9 Å². The van der Waals surface area contributed by atoms with Gasteiger partial charge in [-0.2, -0.15) is 0 Å². The molecule has 0 unspecified atom stereocenters. The Morgan fingerprint density at radius 2 is 2.03 bits per heavy atom. The maximum Gasteiger partial charge on any atom is 0.257 e. The number of carbonyl (C=O) groups is 1. The maximum atomic E-state index is 14.1. The predicted molar refractivity (Wildman–Crippen MR) is 103 cm³/mol. The average molecular weight is 395 g/mol. The van der Waals surface area contributed by atoms with Gasteiger partial charge >= 0.3 is 0 Å². The van der Waals surface area contributed by atoms with Gasteiger partial charge in [0.1, 0.15) is 5.82 Å². The number of carbonyl (C=O) groups excluding carboxylic acids is 1. The van der Waals surface area contributed by atoms with E-state index in [4.69, 9.17) is 16.2 Å². The van der Waals surface area contributed by atoms with Gasteiger partial charge in [0, 0.05) is 12.0 Å². The third-order valence-electron chi connectivity index (χ3n) is 4.74. The van der Waals surface area contributed by atoms with Crippen LogP contribution in [0.15, 0.2) is 24.4 Å². The number of nitrogen functional groups attached to an aromatic ring is 2. The van der Waals surface area contributed by atoms with E-state index in [1.807, 2.05) is 0 Å². The monoisotopic (exact) mass is 395 g/mol. The Morgan fingerprint density at radius 1 is 1.24 bits per heavy atom. The van der Waals surface area contributed by atoms with Gasteiger partial charge in [0.05, 0.1) is 42.0 Å². The highest BCUT2D eigenvalue weighted by Crippen LogP contribution is 2.34. The first-order valence-corrected chi connectivity index (χ1v) is 8.77. The number of rotatable bonds is 3. The first kappa shape index (κ1) is 18.5. The number of amides is 1. The highest BCUT2D eigenvalue weighted by molar-refractivity contribution is 5.98. The number of ether oxygens (including phenoxy) is 1. The summed E-state index contributed by atoms with van der Waals surface area (Å²) in [6.07, 6.45) is 1.80. The topological polar surface area (TPSA) is 142 Å². The van der Waals surface area contributed by atoms with E-state index >= 15 is 0 Å². The number of halogens is 1. The van der Waals surface area contributed by atoms with E-state index in [0.29, 0.717) is 40.2 Å². The number of methoxy groups -OCH3 is 1. The first-order chi connectivity index (χ1) is 13.9. The van der Waals surface area contributed by atoms with E-state index in [1.54, 1.807) is 13.0 Å². The van der Waals surface area contributed by atoms with Crippen LogP contribution >= 0.6 is 0 Å². The zero-order chi connectivity index (χ0) is 20.7. The molecule has 0 saturated carbocycles. The summed E-state index contributed by atoms with van der Waals surface area (Å²) in [5.41, 5.74) is 14.4. The standard InChI is InChI=1S/C19H18FN7O2/c1-8-15-13(27-19(22)24-8)6-12(25-17(15)28)10-4-3-9(20)5-11(10)14-7-23-16(21)18(26-14)29-2/h3-5,7,12H,6H2,1-2H3,(H2,21,23)(H,25,28)(H2,22,24,27)/t12-/m1/s1. The fourth-order valence-corrected chi connectivity index (χ4v) is 3.48. The Hall–Kier alpha value is -3.82. The number of nitrogens with zero attached hydrogens (tertiary/aromatic N) is 4. The van der Waals surface area contributed by atoms with Crippen molar-refractivity contribution < 1.29 is 13.9 Å². The summed E-state index contributed by atoms with van der Waals surface area (Å²) < 4.78 is 19.2. The van der Waals surface area contributed by atoms with Gasteiger partial charge in [-0.15, -0.1) is 0 Å². The molecule has 3 aromatic rings. The summed E-state index contributed by atoms with van der Waals surface area (Å²) in [6.45, 7) is 1.70. The Morgan fingerprint density at radius 3 is 2.79 bits per heavy atom. The lowest BCUT2D eigenvalue weighted by Gasteiger charge is -2.27. The zero-order valence-corrected chi connectivity index (χ0v) is 15.7. The fraction of sp³-hybridized carbons (Fsp3) is 0.211. The minimum atomic E-state index is -0.468. The molecule has 1 amide bonds. The van der Waals surface area contributed by atoms with Crippen molar-refractivity contribution in [2.75, 3.05) is 18.6 Å². The normalized spacial score (nSPS) is 15.6. The van der Waals surface area contributed by atoms with E-state index in [1.165, 1.54) is 25.4 Å². The van der Waals surface area contributed by atoms with Crippen molar-refractivity contribution in [3.8, 4) is 17.1 Å². The SMILES string of the molecule is COc1nc(-c2cc(F)ccc2[C@H]2Cc3nc(N)nc(C)c3C(=O)N2)cnc1N. The molecule has 0 bridgehead atoms. The zero-order valence-electron chi connectivity index (χ0n) is 15.7. The van der Waals surface area contributed by atoms with Crippen molar-refractivity contribution in [3.63, 3.8) is 0 Å². The molecule has 0 saturated heterocycles. The molecule has 0 fully saturated rings. The molecule has 4 rings (SSSR count). The van der Waals surface area contributed by atoms with Crippen LogP contribution in [0.3, 0.4) is 0 Å². The van der Waals surface area contributed by atoms with Gasteiger partial charge in [0.25, 0.3) is 11.8 Å². The minimum Gasteiger partial charge on any atom is -0.478 e. The number of hydrogen-bond donors (Lipinski definition) is 3. The summed E-state index contributed by atoms with van der Waals surface area (Å²) >= 11 is 0. The molecule has 1 aliphatic heterocycles. The molecule has 0 radical (unpaired) electrons. The number of nitrogens with one attached hydrogen (secondary N) is 1. The van der Waals surface area contributed by atoms with Gasteiger partial charge < -0.3 is 21.5 Å². The van der Waals surface area contributed by atoms with Crippen LogP contribution in [-0.2, 0) is 6.42 Å².